The predicted octanol–water partition coefficient (Wildman–Crippen LogP) is 0.690. The van der Waals surface area contributed by atoms with Crippen molar-refractivity contribution in [1.82, 2.24) is 14.6 Å². The second-order valence-corrected chi connectivity index (χ2v) is 4.35. The van der Waals surface area contributed by atoms with Crippen LogP contribution < -0.4 is 4.90 Å². The van der Waals surface area contributed by atoms with E-state index in [1.807, 2.05) is 19.2 Å². The van der Waals surface area contributed by atoms with Crippen molar-refractivity contribution in [3.63, 3.8) is 0 Å². The van der Waals surface area contributed by atoms with E-state index in [0.717, 1.165) is 17.8 Å². The minimum atomic E-state index is -0.533. The van der Waals surface area contributed by atoms with Gasteiger partial charge in [0.05, 0.1) is 24.9 Å². The molecule has 2 aromatic rings. The van der Waals surface area contributed by atoms with Crippen LogP contribution in [0, 0.1) is 0 Å². The van der Waals surface area contributed by atoms with Crippen LogP contribution >= 0.6 is 0 Å². The third kappa shape index (κ3) is 1.28. The number of fused-ring (bicyclic) bond motifs is 1. The fraction of sp³-hybridized carbons (Fsp3) is 0.455. The molecule has 0 radical (unpaired) electrons. The van der Waals surface area contributed by atoms with Gasteiger partial charge in [0.15, 0.2) is 5.82 Å². The van der Waals surface area contributed by atoms with Crippen LogP contribution in [0.4, 0.5) is 5.82 Å². The van der Waals surface area contributed by atoms with Crippen molar-refractivity contribution in [2.75, 3.05) is 18.0 Å². The van der Waals surface area contributed by atoms with E-state index in [9.17, 15) is 5.11 Å². The summed E-state index contributed by atoms with van der Waals surface area (Å²) in [6.45, 7) is 3.31. The van der Waals surface area contributed by atoms with Crippen LogP contribution in [0.2, 0.25) is 0 Å². The Morgan fingerprint density at radius 3 is 3.00 bits per heavy atom. The first-order valence-corrected chi connectivity index (χ1v) is 5.47. The molecule has 0 atom stereocenters. The summed E-state index contributed by atoms with van der Waals surface area (Å²) in [5.74, 6) is 0.901. The number of β-amino-alcohol motifs (C(OH)–C–C–N with tert-alkyl or cyclic N) is 1. The minimum absolute atomic E-state index is 0.533. The quantitative estimate of drug-likeness (QED) is 0.805. The molecule has 1 saturated heterocycles. The second kappa shape index (κ2) is 3.18. The first-order chi connectivity index (χ1) is 7.72. The summed E-state index contributed by atoms with van der Waals surface area (Å²) in [6, 6.07) is 1.94. The molecule has 5 heteroatoms. The lowest BCUT2D eigenvalue weighted by Crippen LogP contribution is -2.62. The molecule has 0 aromatic carbocycles. The Morgan fingerprint density at radius 1 is 1.44 bits per heavy atom. The molecule has 0 saturated carbocycles. The highest BCUT2D eigenvalue weighted by molar-refractivity contribution is 5.69. The molecular weight excluding hydrogens is 204 g/mol. The van der Waals surface area contributed by atoms with E-state index >= 15 is 0 Å². The second-order valence-electron chi connectivity index (χ2n) is 4.35. The summed E-state index contributed by atoms with van der Waals surface area (Å²) in [4.78, 5) is 6.44. The van der Waals surface area contributed by atoms with Crippen LogP contribution in [0.1, 0.15) is 13.3 Å². The van der Waals surface area contributed by atoms with Gasteiger partial charge in [0.25, 0.3) is 0 Å². The van der Waals surface area contributed by atoms with Gasteiger partial charge in [-0.05, 0) is 12.5 Å². The molecule has 1 fully saturated rings. The van der Waals surface area contributed by atoms with E-state index in [1.165, 1.54) is 0 Å². The zero-order chi connectivity index (χ0) is 11.2. The summed E-state index contributed by atoms with van der Waals surface area (Å²) in [5, 5.41) is 14.1. The van der Waals surface area contributed by atoms with Crippen molar-refractivity contribution in [2.45, 2.75) is 18.9 Å². The van der Waals surface area contributed by atoms with Crippen LogP contribution in [0.3, 0.4) is 0 Å². The number of nitrogens with zero attached hydrogens (tertiary/aromatic N) is 4. The largest absolute Gasteiger partial charge is 0.386 e. The third-order valence-corrected chi connectivity index (χ3v) is 3.23. The summed E-state index contributed by atoms with van der Waals surface area (Å²) in [5.41, 5.74) is 0.454. The molecule has 0 aliphatic carbocycles. The van der Waals surface area contributed by atoms with Crippen LogP contribution in [-0.4, -0.2) is 38.4 Å². The molecule has 5 nitrogen and oxygen atoms in total. The van der Waals surface area contributed by atoms with Gasteiger partial charge in [-0.25, -0.2) is 9.50 Å². The monoisotopic (exact) mass is 218 g/mol. The zero-order valence-corrected chi connectivity index (χ0v) is 9.17. The van der Waals surface area contributed by atoms with Gasteiger partial charge >= 0.3 is 0 Å². The van der Waals surface area contributed by atoms with Gasteiger partial charge in [0.1, 0.15) is 5.52 Å². The van der Waals surface area contributed by atoms with Gasteiger partial charge in [-0.15, -0.1) is 0 Å². The van der Waals surface area contributed by atoms with Gasteiger partial charge in [0.2, 0.25) is 0 Å². The standard InChI is InChI=1S/C11H14N4O/c1-2-11(16)7-14(8-11)10-9-3-4-13-15(9)6-5-12-10/h3-6,16H,2,7-8H2,1H3. The van der Waals surface area contributed by atoms with Crippen LogP contribution in [0.25, 0.3) is 5.52 Å². The molecule has 1 N–H and O–H groups in total. The Morgan fingerprint density at radius 2 is 2.25 bits per heavy atom. The van der Waals surface area contributed by atoms with E-state index in [1.54, 1.807) is 16.9 Å². The molecular formula is C11H14N4O. The van der Waals surface area contributed by atoms with E-state index in [2.05, 4.69) is 15.0 Å². The molecule has 0 unspecified atom stereocenters. The number of rotatable bonds is 2. The molecule has 0 spiro atoms. The Kier molecular flexibility index (Phi) is 1.91. The van der Waals surface area contributed by atoms with Crippen LogP contribution in [-0.2, 0) is 0 Å². The molecule has 84 valence electrons. The van der Waals surface area contributed by atoms with Gasteiger partial charge in [-0.3, -0.25) is 0 Å². The maximum atomic E-state index is 9.98. The van der Waals surface area contributed by atoms with E-state index in [0.29, 0.717) is 13.1 Å². The highest BCUT2D eigenvalue weighted by atomic mass is 16.3. The minimum Gasteiger partial charge on any atom is -0.386 e. The van der Waals surface area contributed by atoms with Crippen LogP contribution in [0.5, 0.6) is 0 Å². The Labute approximate surface area is 93.3 Å². The number of aromatic nitrogens is 3. The highest BCUT2D eigenvalue weighted by Gasteiger charge is 2.40. The summed E-state index contributed by atoms with van der Waals surface area (Å²) >= 11 is 0. The third-order valence-electron chi connectivity index (χ3n) is 3.23. The van der Waals surface area contributed by atoms with Crippen LogP contribution in [0.15, 0.2) is 24.7 Å². The molecule has 0 bridgehead atoms. The van der Waals surface area contributed by atoms with E-state index < -0.39 is 5.60 Å². The molecule has 1 aliphatic rings. The zero-order valence-electron chi connectivity index (χ0n) is 9.17. The Balaban J connectivity index is 1.94. The highest BCUT2D eigenvalue weighted by Crippen LogP contribution is 2.30. The lowest BCUT2D eigenvalue weighted by atomic mass is 9.91. The maximum absolute atomic E-state index is 9.98. The predicted molar refractivity (Wildman–Crippen MR) is 60.4 cm³/mol. The number of hydrogen-bond donors (Lipinski definition) is 1. The average molecular weight is 218 g/mol. The Hall–Kier alpha value is -1.62. The Bertz CT molecular complexity index is 515. The fourth-order valence-corrected chi connectivity index (χ4v) is 2.12. The molecule has 3 rings (SSSR count). The topological polar surface area (TPSA) is 53.7 Å². The summed E-state index contributed by atoms with van der Waals surface area (Å²) < 4.78 is 1.80. The lowest BCUT2D eigenvalue weighted by molar-refractivity contribution is 0.00820. The number of hydrogen-bond acceptors (Lipinski definition) is 4. The molecule has 0 amide bonds. The molecule has 2 aromatic heterocycles. The maximum Gasteiger partial charge on any atom is 0.154 e. The van der Waals surface area contributed by atoms with Crippen molar-refractivity contribution >= 4 is 11.3 Å². The van der Waals surface area contributed by atoms with Gasteiger partial charge in [-0.1, -0.05) is 6.92 Å². The first-order valence-electron chi connectivity index (χ1n) is 5.47. The van der Waals surface area contributed by atoms with Crippen molar-refractivity contribution in [2.24, 2.45) is 0 Å². The van der Waals surface area contributed by atoms with Gasteiger partial charge in [-0.2, -0.15) is 5.10 Å². The fourth-order valence-electron chi connectivity index (χ4n) is 2.12. The van der Waals surface area contributed by atoms with Gasteiger partial charge in [0, 0.05) is 12.4 Å². The first kappa shape index (κ1) is 9.59. The van der Waals surface area contributed by atoms with E-state index in [4.69, 9.17) is 0 Å². The van der Waals surface area contributed by atoms with Crippen molar-refractivity contribution in [3.8, 4) is 0 Å². The van der Waals surface area contributed by atoms with E-state index in [-0.39, 0.29) is 0 Å². The molecule has 1 aliphatic heterocycles. The van der Waals surface area contributed by atoms with Gasteiger partial charge < -0.3 is 10.0 Å². The van der Waals surface area contributed by atoms with Crippen molar-refractivity contribution in [1.29, 1.82) is 0 Å². The number of anilines is 1. The molecule has 16 heavy (non-hydrogen) atoms. The SMILES string of the molecule is CCC1(O)CN(c2nccn3nccc23)C1. The smallest absolute Gasteiger partial charge is 0.154 e. The van der Waals surface area contributed by atoms with Crippen molar-refractivity contribution < 1.29 is 5.11 Å². The normalized spacial score (nSPS) is 18.8. The summed E-state index contributed by atoms with van der Waals surface area (Å²) in [6.07, 6.45) is 6.10. The summed E-state index contributed by atoms with van der Waals surface area (Å²) in [7, 11) is 0. The average Bonchev–Trinajstić information content (AvgIpc) is 2.72. The lowest BCUT2D eigenvalue weighted by Gasteiger charge is -2.46. The number of aliphatic hydroxyl groups is 1. The van der Waals surface area contributed by atoms with Crippen molar-refractivity contribution in [3.05, 3.63) is 24.7 Å². The molecule has 3 heterocycles.